The van der Waals surface area contributed by atoms with Gasteiger partial charge in [0.15, 0.2) is 5.06 Å². The molecule has 0 amide bonds. The third-order valence-corrected chi connectivity index (χ3v) is 9.25. The van der Waals surface area contributed by atoms with Crippen LogP contribution in [0.5, 0.6) is 5.06 Å². The Labute approximate surface area is 208 Å². The maximum Gasteiger partial charge on any atom is 0.188 e. The Bertz CT molecular complexity index is 942. The Balaban J connectivity index is 0.00000289. The highest BCUT2D eigenvalue weighted by Crippen LogP contribution is 2.50. The lowest BCUT2D eigenvalue weighted by atomic mass is 9.83. The number of hydrogen-bond acceptors (Lipinski definition) is 5. The van der Waals surface area contributed by atoms with Crippen molar-refractivity contribution in [2.75, 3.05) is 6.61 Å². The zero-order valence-corrected chi connectivity index (χ0v) is 21.7. The van der Waals surface area contributed by atoms with Gasteiger partial charge in [0, 0.05) is 23.5 Å². The van der Waals surface area contributed by atoms with Gasteiger partial charge in [-0.05, 0) is 83.6 Å². The predicted octanol–water partition coefficient (Wildman–Crippen LogP) is 6.28. The number of thiophene rings is 1. The zero-order chi connectivity index (χ0) is 22.1. The fraction of sp³-hybridized carbons (Fsp3) is 0.542. The van der Waals surface area contributed by atoms with Crippen molar-refractivity contribution in [2.45, 2.75) is 76.5 Å². The van der Waals surface area contributed by atoms with Gasteiger partial charge in [-0.25, -0.2) is 4.39 Å². The van der Waals surface area contributed by atoms with Crippen molar-refractivity contribution in [2.24, 2.45) is 5.73 Å². The molecule has 3 atom stereocenters. The molecule has 32 heavy (non-hydrogen) atoms. The summed E-state index contributed by atoms with van der Waals surface area (Å²) in [5, 5.41) is 0.851. The topological polar surface area (TPSA) is 55.6 Å². The summed E-state index contributed by atoms with van der Waals surface area (Å²) in [5.74, 6) is 0.0323. The molecule has 2 aliphatic rings. The standard InChI is InChI=1S/C24H30BrFN2O2S.ClH/c1-3-8-30-24-22(25)14(2)23(31-24)21(13-29)28-17-5-6-18(28)11-16(10-17)19-9-15(12-27)4-7-20(19)26;/h4,7,9,13,16-18,21H,3,5-6,8,10-12,27H2,1-2H3;1H. The van der Waals surface area contributed by atoms with Crippen molar-refractivity contribution in [1.29, 1.82) is 0 Å². The molecule has 0 aliphatic carbocycles. The molecular formula is C24H31BrClFN2O2S. The number of piperidine rings is 1. The molecule has 4 nitrogen and oxygen atoms in total. The zero-order valence-electron chi connectivity index (χ0n) is 18.5. The second kappa shape index (κ2) is 11.0. The number of nitrogens with zero attached hydrogens (tertiary/aromatic N) is 1. The first-order valence-electron chi connectivity index (χ1n) is 11.1. The molecule has 1 aromatic carbocycles. The van der Waals surface area contributed by atoms with Crippen LogP contribution in [0.1, 0.15) is 72.6 Å². The Hall–Kier alpha value is -0.990. The van der Waals surface area contributed by atoms with E-state index in [1.807, 2.05) is 13.0 Å². The number of nitrogens with two attached hydrogens (primary N) is 1. The van der Waals surface area contributed by atoms with Gasteiger partial charge < -0.3 is 15.3 Å². The molecule has 2 saturated heterocycles. The fourth-order valence-corrected chi connectivity index (χ4v) is 7.11. The Morgan fingerprint density at radius 2 is 2.03 bits per heavy atom. The smallest absolute Gasteiger partial charge is 0.188 e. The summed E-state index contributed by atoms with van der Waals surface area (Å²) in [6, 6.07) is 5.52. The van der Waals surface area contributed by atoms with Crippen LogP contribution >= 0.6 is 39.7 Å². The molecule has 2 N–H and O–H groups in total. The first-order chi connectivity index (χ1) is 15.0. The van der Waals surface area contributed by atoms with Gasteiger partial charge in [0.1, 0.15) is 18.1 Å². The van der Waals surface area contributed by atoms with Gasteiger partial charge >= 0.3 is 0 Å². The second-order valence-electron chi connectivity index (χ2n) is 8.68. The molecule has 2 aromatic rings. The van der Waals surface area contributed by atoms with Crippen molar-refractivity contribution >= 4 is 46.0 Å². The molecule has 176 valence electrons. The first-order valence-corrected chi connectivity index (χ1v) is 12.7. The Morgan fingerprint density at radius 1 is 1.34 bits per heavy atom. The van der Waals surface area contributed by atoms with Crippen molar-refractivity contribution in [1.82, 2.24) is 4.90 Å². The molecular weight excluding hydrogens is 515 g/mol. The summed E-state index contributed by atoms with van der Waals surface area (Å²) in [7, 11) is 0. The maximum absolute atomic E-state index is 14.6. The number of fused-ring (bicyclic) bond motifs is 2. The minimum Gasteiger partial charge on any atom is -0.483 e. The molecule has 0 radical (unpaired) electrons. The van der Waals surface area contributed by atoms with Crippen LogP contribution in [0.25, 0.3) is 0 Å². The summed E-state index contributed by atoms with van der Waals surface area (Å²) in [5.41, 5.74) is 8.62. The largest absolute Gasteiger partial charge is 0.483 e. The van der Waals surface area contributed by atoms with E-state index in [9.17, 15) is 9.18 Å². The summed E-state index contributed by atoms with van der Waals surface area (Å²) in [4.78, 5) is 15.8. The van der Waals surface area contributed by atoms with E-state index in [4.69, 9.17) is 10.5 Å². The molecule has 8 heteroatoms. The van der Waals surface area contributed by atoms with E-state index in [1.165, 1.54) is 0 Å². The number of ether oxygens (including phenoxy) is 1. The van der Waals surface area contributed by atoms with Crippen LogP contribution in [-0.2, 0) is 11.3 Å². The van der Waals surface area contributed by atoms with E-state index in [1.54, 1.807) is 23.5 Å². The maximum atomic E-state index is 14.6. The number of hydrogen-bond donors (Lipinski definition) is 1. The highest BCUT2D eigenvalue weighted by molar-refractivity contribution is 9.10. The third kappa shape index (κ3) is 4.78. The predicted molar refractivity (Wildman–Crippen MR) is 134 cm³/mol. The summed E-state index contributed by atoms with van der Waals surface area (Å²) in [6.07, 6.45) is 5.86. The monoisotopic (exact) mass is 544 g/mol. The first kappa shape index (κ1) is 25.6. The van der Waals surface area contributed by atoms with Gasteiger partial charge in [-0.3, -0.25) is 4.90 Å². The quantitative estimate of drug-likeness (QED) is 0.397. The Kier molecular flexibility index (Phi) is 8.78. The van der Waals surface area contributed by atoms with Gasteiger partial charge in [0.05, 0.1) is 11.1 Å². The average Bonchev–Trinajstić information content (AvgIpc) is 3.19. The SMILES string of the molecule is CCCOc1sc(C(C=O)N2C3CCC2CC(c2cc(CN)ccc2F)C3)c(C)c1Br.Cl. The van der Waals surface area contributed by atoms with Gasteiger partial charge in [-0.1, -0.05) is 19.1 Å². The number of carbonyl (C=O) groups excluding carboxylic acids is 1. The minimum atomic E-state index is -0.279. The molecule has 2 aliphatic heterocycles. The van der Waals surface area contributed by atoms with Crippen LogP contribution in [0, 0.1) is 12.7 Å². The van der Waals surface area contributed by atoms with E-state index < -0.39 is 0 Å². The number of aldehydes is 1. The van der Waals surface area contributed by atoms with Crippen LogP contribution in [0.2, 0.25) is 0 Å². The van der Waals surface area contributed by atoms with Crippen LogP contribution in [0.4, 0.5) is 4.39 Å². The molecule has 1 aromatic heterocycles. The number of halogens is 3. The van der Waals surface area contributed by atoms with Crippen molar-refractivity contribution in [3.63, 3.8) is 0 Å². The lowest BCUT2D eigenvalue weighted by Crippen LogP contribution is -2.45. The number of benzene rings is 1. The lowest BCUT2D eigenvalue weighted by molar-refractivity contribution is -0.114. The second-order valence-corrected chi connectivity index (χ2v) is 10.5. The van der Waals surface area contributed by atoms with Crippen LogP contribution in [0.3, 0.4) is 0 Å². The molecule has 4 rings (SSSR count). The number of carbonyl (C=O) groups is 1. The summed E-state index contributed by atoms with van der Waals surface area (Å²) >= 11 is 5.23. The van der Waals surface area contributed by atoms with Gasteiger partial charge in [0.25, 0.3) is 0 Å². The van der Waals surface area contributed by atoms with Gasteiger partial charge in [-0.15, -0.1) is 23.7 Å². The van der Waals surface area contributed by atoms with E-state index >= 15 is 0 Å². The molecule has 3 heterocycles. The number of rotatable bonds is 8. The van der Waals surface area contributed by atoms with E-state index in [0.717, 1.165) is 69.5 Å². The highest BCUT2D eigenvalue weighted by Gasteiger charge is 2.46. The lowest BCUT2D eigenvalue weighted by Gasteiger charge is -2.42. The minimum absolute atomic E-state index is 0. The van der Waals surface area contributed by atoms with Crippen LogP contribution < -0.4 is 10.5 Å². The highest BCUT2D eigenvalue weighted by atomic mass is 79.9. The molecule has 3 unspecified atom stereocenters. The van der Waals surface area contributed by atoms with Crippen molar-refractivity contribution in [3.8, 4) is 5.06 Å². The summed E-state index contributed by atoms with van der Waals surface area (Å²) in [6.45, 7) is 5.21. The van der Waals surface area contributed by atoms with Crippen molar-refractivity contribution in [3.05, 3.63) is 50.1 Å². The van der Waals surface area contributed by atoms with E-state index in [-0.39, 0.29) is 42.3 Å². The Morgan fingerprint density at radius 3 is 2.62 bits per heavy atom. The van der Waals surface area contributed by atoms with Crippen LogP contribution in [0.15, 0.2) is 22.7 Å². The molecule has 0 saturated carbocycles. The molecule has 0 spiro atoms. The molecule has 2 fully saturated rings. The van der Waals surface area contributed by atoms with Gasteiger partial charge in [-0.2, -0.15) is 0 Å². The molecule has 2 bridgehead atoms. The van der Waals surface area contributed by atoms with Crippen LogP contribution in [-0.4, -0.2) is 29.9 Å². The van der Waals surface area contributed by atoms with E-state index in [2.05, 4.69) is 27.8 Å². The average molecular weight is 546 g/mol. The third-order valence-electron chi connectivity index (χ3n) is 6.76. The summed E-state index contributed by atoms with van der Waals surface area (Å²) < 4.78 is 21.5. The van der Waals surface area contributed by atoms with Gasteiger partial charge in [0.2, 0.25) is 0 Å². The normalized spacial score (nSPS) is 23.6. The van der Waals surface area contributed by atoms with E-state index in [0.29, 0.717) is 13.2 Å². The van der Waals surface area contributed by atoms with Crippen molar-refractivity contribution < 1.29 is 13.9 Å². The fourth-order valence-electron chi connectivity index (χ4n) is 5.27.